The molecule has 1 aromatic carbocycles. The minimum atomic E-state index is -1.04. The van der Waals surface area contributed by atoms with Crippen molar-refractivity contribution in [3.8, 4) is 0 Å². The molecule has 0 aliphatic carbocycles. The predicted molar refractivity (Wildman–Crippen MR) is 55.2 cm³/mol. The van der Waals surface area contributed by atoms with E-state index in [0.29, 0.717) is 21.2 Å². The van der Waals surface area contributed by atoms with Crippen LogP contribution in [0.2, 0.25) is 0 Å². The van der Waals surface area contributed by atoms with Crippen molar-refractivity contribution in [2.24, 2.45) is 0 Å². The van der Waals surface area contributed by atoms with Gasteiger partial charge in [0.25, 0.3) is 0 Å². The molecule has 0 aliphatic heterocycles. The largest absolute Gasteiger partial charge is 0.478 e. The van der Waals surface area contributed by atoms with Gasteiger partial charge in [-0.1, -0.05) is 0 Å². The third-order valence-corrected chi connectivity index (χ3v) is 2.47. The van der Waals surface area contributed by atoms with Gasteiger partial charge in [0.1, 0.15) is 10.1 Å². The summed E-state index contributed by atoms with van der Waals surface area (Å²) in [6, 6.07) is 3.05. The fourth-order valence-electron chi connectivity index (χ4n) is 1.27. The van der Waals surface area contributed by atoms with Gasteiger partial charge in [0, 0.05) is 11.1 Å². The predicted octanol–water partition coefficient (Wildman–Crippen LogP) is 1.61. The molecule has 1 aromatic heterocycles. The summed E-state index contributed by atoms with van der Waals surface area (Å²) in [5.74, 6) is -1.04. The second-order valence-corrected chi connectivity index (χ2v) is 3.60. The van der Waals surface area contributed by atoms with E-state index in [1.54, 1.807) is 6.07 Å². The highest BCUT2D eigenvalue weighted by Gasteiger charge is 2.13. The van der Waals surface area contributed by atoms with E-state index < -0.39 is 5.97 Å². The molecule has 72 valence electrons. The minimum absolute atomic E-state index is 0.0990. The van der Waals surface area contributed by atoms with Crippen molar-refractivity contribution >= 4 is 38.5 Å². The number of hydrogen-bond donors (Lipinski definition) is 3. The number of carboxylic acid groups (broad SMARTS) is 1. The van der Waals surface area contributed by atoms with Crippen LogP contribution in [-0.4, -0.2) is 21.3 Å². The van der Waals surface area contributed by atoms with Crippen LogP contribution in [0.4, 0.5) is 5.69 Å². The highest BCUT2D eigenvalue weighted by atomic mass is 79.9. The van der Waals surface area contributed by atoms with E-state index >= 15 is 0 Å². The number of nitrogen functional groups attached to an aromatic ring is 1. The molecule has 0 atom stereocenters. The van der Waals surface area contributed by atoms with Crippen molar-refractivity contribution in [1.29, 1.82) is 0 Å². The number of H-pyrrole nitrogens is 1. The third-order valence-electron chi connectivity index (χ3n) is 1.86. The van der Waals surface area contributed by atoms with Crippen molar-refractivity contribution in [3.63, 3.8) is 0 Å². The molecular formula is C8H6BrN3O2. The smallest absolute Gasteiger partial charge is 0.338 e. The van der Waals surface area contributed by atoms with Crippen molar-refractivity contribution in [3.05, 3.63) is 22.3 Å². The fourth-order valence-corrected chi connectivity index (χ4v) is 1.66. The first kappa shape index (κ1) is 9.01. The van der Waals surface area contributed by atoms with Crippen LogP contribution in [0.3, 0.4) is 0 Å². The molecule has 0 fully saturated rings. The standard InChI is InChI=1S/C8H6BrN3O2/c9-7-4-1-3(10)2-5(8(13)14)6(4)11-12-7/h1-2H,10H2,(H,11,12)(H,13,14). The van der Waals surface area contributed by atoms with E-state index in [2.05, 4.69) is 26.1 Å². The van der Waals surface area contributed by atoms with Gasteiger partial charge < -0.3 is 10.8 Å². The number of nitrogens with zero attached hydrogens (tertiary/aromatic N) is 1. The lowest BCUT2D eigenvalue weighted by Crippen LogP contribution is -1.99. The lowest BCUT2D eigenvalue weighted by atomic mass is 10.1. The van der Waals surface area contributed by atoms with Crippen LogP contribution in [0, 0.1) is 0 Å². The first-order valence-electron chi connectivity index (χ1n) is 3.76. The molecule has 0 amide bonds. The summed E-state index contributed by atoms with van der Waals surface area (Å²) in [4.78, 5) is 10.9. The maximum Gasteiger partial charge on any atom is 0.338 e. The number of rotatable bonds is 1. The van der Waals surface area contributed by atoms with Crippen molar-refractivity contribution in [2.75, 3.05) is 5.73 Å². The highest BCUT2D eigenvalue weighted by Crippen LogP contribution is 2.26. The Bertz CT molecular complexity index is 521. The number of nitrogens with two attached hydrogens (primary N) is 1. The van der Waals surface area contributed by atoms with Crippen LogP contribution in [0.5, 0.6) is 0 Å². The van der Waals surface area contributed by atoms with Gasteiger partial charge in [-0.05, 0) is 28.1 Å². The number of benzene rings is 1. The normalized spacial score (nSPS) is 10.6. The Hall–Kier alpha value is -1.56. The molecule has 0 radical (unpaired) electrons. The molecule has 1 heterocycles. The van der Waals surface area contributed by atoms with Crippen LogP contribution in [0.15, 0.2) is 16.7 Å². The Labute approximate surface area is 87.0 Å². The summed E-state index contributed by atoms with van der Waals surface area (Å²) >= 11 is 3.22. The molecule has 0 bridgehead atoms. The first-order valence-corrected chi connectivity index (χ1v) is 4.55. The van der Waals surface area contributed by atoms with Gasteiger partial charge in [-0.2, -0.15) is 5.10 Å². The molecule has 0 spiro atoms. The zero-order valence-electron chi connectivity index (χ0n) is 6.91. The summed E-state index contributed by atoms with van der Waals surface area (Å²) in [7, 11) is 0. The first-order chi connectivity index (χ1) is 6.59. The summed E-state index contributed by atoms with van der Waals surface area (Å²) in [6.07, 6.45) is 0. The maximum atomic E-state index is 10.9. The van der Waals surface area contributed by atoms with Crippen molar-refractivity contribution in [1.82, 2.24) is 10.2 Å². The Morgan fingerprint density at radius 1 is 1.57 bits per heavy atom. The molecular weight excluding hydrogens is 250 g/mol. The lowest BCUT2D eigenvalue weighted by molar-refractivity contribution is 0.0699. The number of carboxylic acids is 1. The second-order valence-electron chi connectivity index (χ2n) is 2.81. The number of carbonyl (C=O) groups is 1. The van der Waals surface area contributed by atoms with Crippen LogP contribution in [0.25, 0.3) is 10.9 Å². The van der Waals surface area contributed by atoms with Crippen molar-refractivity contribution in [2.45, 2.75) is 0 Å². The molecule has 0 aliphatic rings. The van der Waals surface area contributed by atoms with E-state index in [4.69, 9.17) is 10.8 Å². The Morgan fingerprint density at radius 2 is 2.29 bits per heavy atom. The summed E-state index contributed by atoms with van der Waals surface area (Å²) in [5, 5.41) is 16.1. The van der Waals surface area contributed by atoms with Gasteiger partial charge in [-0.25, -0.2) is 4.79 Å². The van der Waals surface area contributed by atoms with Gasteiger partial charge in [0.05, 0.1) is 5.56 Å². The van der Waals surface area contributed by atoms with Crippen LogP contribution in [0.1, 0.15) is 10.4 Å². The summed E-state index contributed by atoms with van der Waals surface area (Å²) in [5.41, 5.74) is 6.47. The third kappa shape index (κ3) is 1.24. The maximum absolute atomic E-state index is 10.9. The molecule has 14 heavy (non-hydrogen) atoms. The number of aromatic amines is 1. The van der Waals surface area contributed by atoms with Crippen LogP contribution >= 0.6 is 15.9 Å². The van der Waals surface area contributed by atoms with Gasteiger partial charge in [0.2, 0.25) is 0 Å². The van der Waals surface area contributed by atoms with E-state index in [1.807, 2.05) is 0 Å². The molecule has 4 N–H and O–H groups in total. The topological polar surface area (TPSA) is 92.0 Å². The summed E-state index contributed by atoms with van der Waals surface area (Å²) < 4.78 is 0.627. The monoisotopic (exact) mass is 255 g/mol. The van der Waals surface area contributed by atoms with E-state index in [0.717, 1.165) is 0 Å². The Kier molecular flexibility index (Phi) is 1.92. The number of fused-ring (bicyclic) bond motifs is 1. The van der Waals surface area contributed by atoms with Gasteiger partial charge in [0.15, 0.2) is 0 Å². The van der Waals surface area contributed by atoms with E-state index in [9.17, 15) is 4.79 Å². The number of nitrogens with one attached hydrogen (secondary N) is 1. The Balaban J connectivity index is 2.88. The second kappa shape index (κ2) is 2.98. The molecule has 5 nitrogen and oxygen atoms in total. The van der Waals surface area contributed by atoms with E-state index in [1.165, 1.54) is 6.07 Å². The zero-order valence-corrected chi connectivity index (χ0v) is 8.50. The van der Waals surface area contributed by atoms with Crippen LogP contribution in [-0.2, 0) is 0 Å². The van der Waals surface area contributed by atoms with Gasteiger partial charge in [-0.3, -0.25) is 5.10 Å². The molecule has 0 unspecified atom stereocenters. The van der Waals surface area contributed by atoms with Crippen LogP contribution < -0.4 is 5.73 Å². The van der Waals surface area contributed by atoms with Gasteiger partial charge >= 0.3 is 5.97 Å². The number of halogens is 1. The quantitative estimate of drug-likeness (QED) is 0.676. The number of aromatic nitrogens is 2. The summed E-state index contributed by atoms with van der Waals surface area (Å²) in [6.45, 7) is 0. The molecule has 2 rings (SSSR count). The lowest BCUT2D eigenvalue weighted by Gasteiger charge is -1.98. The number of anilines is 1. The number of aromatic carboxylic acids is 1. The van der Waals surface area contributed by atoms with Crippen molar-refractivity contribution < 1.29 is 9.90 Å². The zero-order chi connectivity index (χ0) is 10.3. The minimum Gasteiger partial charge on any atom is -0.478 e. The molecule has 2 aromatic rings. The number of hydrogen-bond acceptors (Lipinski definition) is 3. The average Bonchev–Trinajstić information content (AvgIpc) is 2.47. The SMILES string of the molecule is Nc1cc(C(=O)O)c2n[nH]c(Br)c2c1. The highest BCUT2D eigenvalue weighted by molar-refractivity contribution is 9.10. The molecule has 0 saturated heterocycles. The van der Waals surface area contributed by atoms with E-state index in [-0.39, 0.29) is 5.56 Å². The molecule has 6 heteroatoms. The Morgan fingerprint density at radius 3 is 2.93 bits per heavy atom. The molecule has 0 saturated carbocycles. The van der Waals surface area contributed by atoms with Gasteiger partial charge in [-0.15, -0.1) is 0 Å². The fraction of sp³-hybridized carbons (Fsp3) is 0. The average molecular weight is 256 g/mol.